The second kappa shape index (κ2) is 5.32. The van der Waals surface area contributed by atoms with Crippen LogP contribution in [0.1, 0.15) is 12.5 Å². The van der Waals surface area contributed by atoms with E-state index >= 15 is 0 Å². The molecule has 0 aliphatic carbocycles. The maximum Gasteiger partial charge on any atom is 0.209 e. The van der Waals surface area contributed by atoms with Crippen LogP contribution in [0, 0.1) is 0 Å². The Morgan fingerprint density at radius 1 is 1.46 bits per heavy atom. The minimum Gasteiger partial charge on any atom is -0.354 e. The molecule has 70 valence electrons. The maximum atomic E-state index is 10.0. The lowest BCUT2D eigenvalue weighted by atomic mass is 10.2. The Bertz CT molecular complexity index is 248. The average Bonchev–Trinajstić information content (AvgIpc) is 2.17. The van der Waals surface area contributed by atoms with Crippen molar-refractivity contribution in [3.63, 3.8) is 0 Å². The summed E-state index contributed by atoms with van der Waals surface area (Å²) >= 11 is 0. The van der Waals surface area contributed by atoms with Crippen molar-refractivity contribution in [3.8, 4) is 0 Å². The van der Waals surface area contributed by atoms with Crippen molar-refractivity contribution in [3.05, 3.63) is 35.9 Å². The molecule has 1 aromatic rings. The number of rotatable bonds is 5. The molecule has 0 heterocycles. The molecule has 0 aromatic heterocycles. The summed E-state index contributed by atoms with van der Waals surface area (Å²) in [5.74, 6) is 0. The van der Waals surface area contributed by atoms with Crippen LogP contribution in [0.4, 0.5) is 0 Å². The first-order valence-electron chi connectivity index (χ1n) is 4.18. The van der Waals surface area contributed by atoms with Gasteiger partial charge in [-0.1, -0.05) is 30.3 Å². The van der Waals surface area contributed by atoms with Gasteiger partial charge in [-0.15, -0.1) is 0 Å². The zero-order valence-electron chi connectivity index (χ0n) is 7.57. The Morgan fingerprint density at radius 3 is 2.77 bits per heavy atom. The Balaban J connectivity index is 2.30. The number of amides is 1. The lowest BCUT2D eigenvalue weighted by molar-refractivity contribution is -0.113. The van der Waals surface area contributed by atoms with Crippen LogP contribution in [-0.4, -0.2) is 12.6 Å². The van der Waals surface area contributed by atoms with Crippen LogP contribution in [0.15, 0.2) is 30.3 Å². The van der Waals surface area contributed by atoms with E-state index in [1.807, 2.05) is 30.3 Å². The summed E-state index contributed by atoms with van der Waals surface area (Å²) in [7, 11) is 0. The highest BCUT2D eigenvalue weighted by atomic mass is 16.5. The van der Waals surface area contributed by atoms with Gasteiger partial charge in [0, 0.05) is 0 Å². The van der Waals surface area contributed by atoms with Crippen molar-refractivity contribution in [1.82, 2.24) is 5.32 Å². The van der Waals surface area contributed by atoms with Gasteiger partial charge in [-0.25, -0.2) is 0 Å². The number of hydrogen-bond acceptors (Lipinski definition) is 2. The van der Waals surface area contributed by atoms with Crippen molar-refractivity contribution in [2.75, 3.05) is 0 Å². The Morgan fingerprint density at radius 2 is 2.15 bits per heavy atom. The standard InChI is InChI=1S/C10H13NO2/c1-9(11-8-12)13-7-10-5-3-2-4-6-10/h2-6,8-9H,7H2,1H3,(H,11,12). The number of carbonyl (C=O) groups is 1. The second-order valence-electron chi connectivity index (χ2n) is 2.72. The Hall–Kier alpha value is -1.35. The third-order valence-corrected chi connectivity index (χ3v) is 1.65. The maximum absolute atomic E-state index is 10.0. The van der Waals surface area contributed by atoms with Crippen molar-refractivity contribution < 1.29 is 9.53 Å². The molecule has 1 rings (SSSR count). The van der Waals surface area contributed by atoms with E-state index in [4.69, 9.17) is 4.74 Å². The van der Waals surface area contributed by atoms with Crippen LogP contribution >= 0.6 is 0 Å². The van der Waals surface area contributed by atoms with E-state index in [1.54, 1.807) is 6.92 Å². The zero-order chi connectivity index (χ0) is 9.52. The van der Waals surface area contributed by atoms with Gasteiger partial charge in [0.1, 0.15) is 6.23 Å². The summed E-state index contributed by atoms with van der Waals surface area (Å²) in [6.07, 6.45) is 0.396. The topological polar surface area (TPSA) is 38.3 Å². The monoisotopic (exact) mass is 179 g/mol. The number of ether oxygens (including phenoxy) is 1. The Kier molecular flexibility index (Phi) is 3.99. The first-order chi connectivity index (χ1) is 6.33. The van der Waals surface area contributed by atoms with Gasteiger partial charge in [-0.2, -0.15) is 0 Å². The molecule has 3 heteroatoms. The van der Waals surface area contributed by atoms with Gasteiger partial charge in [0.05, 0.1) is 6.61 Å². The third-order valence-electron chi connectivity index (χ3n) is 1.65. The normalized spacial score (nSPS) is 12.1. The van der Waals surface area contributed by atoms with Crippen molar-refractivity contribution in [2.24, 2.45) is 0 Å². The van der Waals surface area contributed by atoms with Crippen LogP contribution in [0.25, 0.3) is 0 Å². The van der Waals surface area contributed by atoms with Gasteiger partial charge in [0.25, 0.3) is 0 Å². The fourth-order valence-corrected chi connectivity index (χ4v) is 0.939. The molecule has 0 fully saturated rings. The predicted octanol–water partition coefficient (Wildman–Crippen LogP) is 1.30. The molecule has 1 amide bonds. The number of hydrogen-bond donors (Lipinski definition) is 1. The van der Waals surface area contributed by atoms with Gasteiger partial charge in [-0.3, -0.25) is 4.79 Å². The highest BCUT2D eigenvalue weighted by molar-refractivity contribution is 5.46. The molecule has 1 N–H and O–H groups in total. The van der Waals surface area contributed by atoms with Crippen molar-refractivity contribution in [1.29, 1.82) is 0 Å². The molecule has 0 aliphatic rings. The van der Waals surface area contributed by atoms with Gasteiger partial charge in [0.2, 0.25) is 6.41 Å². The predicted molar refractivity (Wildman–Crippen MR) is 49.9 cm³/mol. The fraction of sp³-hybridized carbons (Fsp3) is 0.300. The molecule has 0 saturated heterocycles. The summed E-state index contributed by atoms with van der Waals surface area (Å²) in [6, 6.07) is 9.82. The van der Waals surface area contributed by atoms with E-state index in [9.17, 15) is 4.79 Å². The number of carbonyl (C=O) groups excluding carboxylic acids is 1. The molecule has 0 aliphatic heterocycles. The van der Waals surface area contributed by atoms with Crippen molar-refractivity contribution in [2.45, 2.75) is 19.8 Å². The molecule has 1 unspecified atom stereocenters. The first kappa shape index (κ1) is 9.74. The summed E-state index contributed by atoms with van der Waals surface area (Å²) in [6.45, 7) is 2.31. The molecule has 13 heavy (non-hydrogen) atoms. The highest BCUT2D eigenvalue weighted by Gasteiger charge is 1.98. The lowest BCUT2D eigenvalue weighted by Gasteiger charge is -2.11. The third kappa shape index (κ3) is 3.71. The smallest absolute Gasteiger partial charge is 0.209 e. The number of nitrogens with one attached hydrogen (secondary N) is 1. The van der Waals surface area contributed by atoms with E-state index in [0.29, 0.717) is 13.0 Å². The quantitative estimate of drug-likeness (QED) is 0.546. The van der Waals surface area contributed by atoms with E-state index in [2.05, 4.69) is 5.32 Å². The molecule has 3 nitrogen and oxygen atoms in total. The molecular weight excluding hydrogens is 166 g/mol. The van der Waals surface area contributed by atoms with Crippen molar-refractivity contribution >= 4 is 6.41 Å². The van der Waals surface area contributed by atoms with E-state index in [0.717, 1.165) is 5.56 Å². The summed E-state index contributed by atoms with van der Waals surface area (Å²) in [5, 5.41) is 2.51. The summed E-state index contributed by atoms with van der Waals surface area (Å²) < 4.78 is 5.33. The first-order valence-corrected chi connectivity index (χ1v) is 4.18. The molecule has 1 atom stereocenters. The van der Waals surface area contributed by atoms with E-state index < -0.39 is 0 Å². The van der Waals surface area contributed by atoms with E-state index in [1.165, 1.54) is 0 Å². The highest BCUT2D eigenvalue weighted by Crippen LogP contribution is 2.01. The molecule has 0 radical (unpaired) electrons. The minimum absolute atomic E-state index is 0.238. The van der Waals surface area contributed by atoms with Crippen LogP contribution in [0.5, 0.6) is 0 Å². The molecular formula is C10H13NO2. The van der Waals surface area contributed by atoms with Crippen LogP contribution in [0.2, 0.25) is 0 Å². The molecule has 0 saturated carbocycles. The lowest BCUT2D eigenvalue weighted by Crippen LogP contribution is -2.26. The largest absolute Gasteiger partial charge is 0.354 e. The second-order valence-corrected chi connectivity index (χ2v) is 2.72. The molecule has 1 aromatic carbocycles. The average molecular weight is 179 g/mol. The van der Waals surface area contributed by atoms with Gasteiger partial charge in [-0.05, 0) is 12.5 Å². The SMILES string of the molecule is CC(NC=O)OCc1ccccc1. The van der Waals surface area contributed by atoms with Crippen LogP contribution in [0.3, 0.4) is 0 Å². The van der Waals surface area contributed by atoms with Crippen LogP contribution in [-0.2, 0) is 16.1 Å². The number of benzene rings is 1. The van der Waals surface area contributed by atoms with Gasteiger partial charge in [0.15, 0.2) is 0 Å². The Labute approximate surface area is 77.7 Å². The summed E-state index contributed by atoms with van der Waals surface area (Å²) in [4.78, 5) is 10.0. The van der Waals surface area contributed by atoms with Crippen LogP contribution < -0.4 is 5.32 Å². The van der Waals surface area contributed by atoms with E-state index in [-0.39, 0.29) is 6.23 Å². The minimum atomic E-state index is -0.238. The fourth-order valence-electron chi connectivity index (χ4n) is 0.939. The summed E-state index contributed by atoms with van der Waals surface area (Å²) in [5.41, 5.74) is 1.10. The molecule has 0 spiro atoms. The van der Waals surface area contributed by atoms with Gasteiger partial charge >= 0.3 is 0 Å². The van der Waals surface area contributed by atoms with Gasteiger partial charge < -0.3 is 10.1 Å². The zero-order valence-corrected chi connectivity index (χ0v) is 7.57. The molecule has 0 bridgehead atoms.